The van der Waals surface area contributed by atoms with Crippen LogP contribution in [0.2, 0.25) is 0 Å². The van der Waals surface area contributed by atoms with Crippen molar-refractivity contribution in [2.24, 2.45) is 0 Å². The Labute approximate surface area is 98.6 Å². The maximum atomic E-state index is 5.12. The van der Waals surface area contributed by atoms with Gasteiger partial charge in [0.05, 0.1) is 7.11 Å². The number of hydrogen-bond acceptors (Lipinski definition) is 3. The molecule has 1 aromatic rings. The number of pyridine rings is 1. The van der Waals surface area contributed by atoms with Crippen LogP contribution in [0.15, 0.2) is 18.3 Å². The normalized spacial score (nSPS) is 17.9. The summed E-state index contributed by atoms with van der Waals surface area (Å²) < 4.78 is 5.12. The van der Waals surface area contributed by atoms with E-state index in [2.05, 4.69) is 25.8 Å². The van der Waals surface area contributed by atoms with Gasteiger partial charge in [-0.3, -0.25) is 0 Å². The maximum Gasteiger partial charge on any atom is 0.214 e. The Morgan fingerprint density at radius 1 is 1.47 bits per heavy atom. The van der Waals surface area contributed by atoms with E-state index in [-0.39, 0.29) is 0 Å². The molecule has 0 aromatic carbocycles. The van der Waals surface area contributed by atoms with Gasteiger partial charge in [0.15, 0.2) is 0 Å². The molecule has 2 rings (SSSR count). The average molecular weight is 271 g/mol. The number of halogens is 1. The zero-order valence-corrected chi connectivity index (χ0v) is 10.4. The minimum absolute atomic E-state index is 0.678. The first-order valence-electron chi connectivity index (χ1n) is 5.18. The molecule has 1 aromatic heterocycles. The quantitative estimate of drug-likeness (QED) is 0.772. The van der Waals surface area contributed by atoms with E-state index in [1.165, 1.54) is 18.5 Å². The number of piperidine rings is 1. The summed E-state index contributed by atoms with van der Waals surface area (Å²) in [4.78, 5) is 7.16. The maximum absolute atomic E-state index is 5.12. The minimum atomic E-state index is 0.678. The molecule has 0 radical (unpaired) electrons. The van der Waals surface area contributed by atoms with Crippen LogP contribution in [-0.2, 0) is 0 Å². The van der Waals surface area contributed by atoms with E-state index in [4.69, 9.17) is 4.74 Å². The molecule has 15 heavy (non-hydrogen) atoms. The van der Waals surface area contributed by atoms with Crippen molar-refractivity contribution in [2.75, 3.05) is 25.1 Å². The summed E-state index contributed by atoms with van der Waals surface area (Å²) in [5.41, 5.74) is 1.21. The molecule has 1 aliphatic rings. The third-order valence-electron chi connectivity index (χ3n) is 2.72. The largest absolute Gasteiger partial charge is 0.481 e. The van der Waals surface area contributed by atoms with Gasteiger partial charge in [-0.2, -0.15) is 0 Å². The van der Waals surface area contributed by atoms with Crippen molar-refractivity contribution in [1.82, 2.24) is 4.98 Å². The van der Waals surface area contributed by atoms with Crippen LogP contribution in [0, 0.1) is 0 Å². The lowest BCUT2D eigenvalue weighted by Crippen LogP contribution is -2.33. The molecule has 82 valence electrons. The van der Waals surface area contributed by atoms with Gasteiger partial charge in [0.1, 0.15) is 0 Å². The van der Waals surface area contributed by atoms with Crippen LogP contribution < -0.4 is 9.64 Å². The van der Waals surface area contributed by atoms with Crippen LogP contribution in [-0.4, -0.2) is 30.0 Å². The van der Waals surface area contributed by atoms with E-state index < -0.39 is 0 Å². The van der Waals surface area contributed by atoms with Crippen molar-refractivity contribution in [3.8, 4) is 5.88 Å². The second-order valence-electron chi connectivity index (χ2n) is 3.72. The Morgan fingerprint density at radius 2 is 2.20 bits per heavy atom. The van der Waals surface area contributed by atoms with Gasteiger partial charge < -0.3 is 9.64 Å². The zero-order chi connectivity index (χ0) is 10.7. The summed E-state index contributed by atoms with van der Waals surface area (Å²) in [6.45, 7) is 2.20. The summed E-state index contributed by atoms with van der Waals surface area (Å²) in [6.07, 6.45) is 4.20. The van der Waals surface area contributed by atoms with Crippen LogP contribution in [0.4, 0.5) is 5.69 Å². The molecule has 0 amide bonds. The van der Waals surface area contributed by atoms with Crippen molar-refractivity contribution >= 4 is 21.6 Å². The van der Waals surface area contributed by atoms with Gasteiger partial charge in [-0.15, -0.1) is 0 Å². The topological polar surface area (TPSA) is 25.4 Å². The number of nitrogens with zero attached hydrogens (tertiary/aromatic N) is 2. The van der Waals surface area contributed by atoms with Crippen molar-refractivity contribution < 1.29 is 4.74 Å². The molecule has 0 spiro atoms. The number of alkyl halides is 1. The summed E-state index contributed by atoms with van der Waals surface area (Å²) in [5, 5.41) is 0. The van der Waals surface area contributed by atoms with Gasteiger partial charge in [0.2, 0.25) is 5.88 Å². The zero-order valence-electron chi connectivity index (χ0n) is 8.82. The Balaban J connectivity index is 2.08. The molecular formula is C11H15BrN2O. The van der Waals surface area contributed by atoms with Crippen molar-refractivity contribution in [1.29, 1.82) is 0 Å². The first kappa shape index (κ1) is 10.7. The minimum Gasteiger partial charge on any atom is -0.481 e. The molecule has 2 heterocycles. The number of hydrogen-bond donors (Lipinski definition) is 0. The summed E-state index contributed by atoms with van der Waals surface area (Å²) in [7, 11) is 1.65. The SMILES string of the molecule is COc1cc(N2CCC(Br)CC2)ccn1. The van der Waals surface area contributed by atoms with Gasteiger partial charge in [0.25, 0.3) is 0 Å². The van der Waals surface area contributed by atoms with Crippen molar-refractivity contribution in [2.45, 2.75) is 17.7 Å². The lowest BCUT2D eigenvalue weighted by molar-refractivity contribution is 0.397. The van der Waals surface area contributed by atoms with Crippen molar-refractivity contribution in [3.05, 3.63) is 18.3 Å². The predicted molar refractivity (Wildman–Crippen MR) is 65.0 cm³/mol. The molecule has 0 aliphatic carbocycles. The average Bonchev–Trinajstić information content (AvgIpc) is 2.30. The van der Waals surface area contributed by atoms with Gasteiger partial charge in [0, 0.05) is 35.9 Å². The van der Waals surface area contributed by atoms with E-state index in [1.807, 2.05) is 12.1 Å². The highest BCUT2D eigenvalue weighted by Crippen LogP contribution is 2.24. The summed E-state index contributed by atoms with van der Waals surface area (Å²) in [6, 6.07) is 4.03. The molecule has 0 N–H and O–H groups in total. The molecule has 3 nitrogen and oxygen atoms in total. The Kier molecular flexibility index (Phi) is 3.46. The molecule has 1 aliphatic heterocycles. The summed E-state index contributed by atoms with van der Waals surface area (Å²) >= 11 is 3.65. The number of methoxy groups -OCH3 is 1. The number of rotatable bonds is 2. The fraction of sp³-hybridized carbons (Fsp3) is 0.545. The van der Waals surface area contributed by atoms with Crippen LogP contribution in [0.1, 0.15) is 12.8 Å². The van der Waals surface area contributed by atoms with Gasteiger partial charge >= 0.3 is 0 Å². The monoisotopic (exact) mass is 270 g/mol. The lowest BCUT2D eigenvalue weighted by Gasteiger charge is -2.31. The fourth-order valence-electron chi connectivity index (χ4n) is 1.81. The van der Waals surface area contributed by atoms with E-state index >= 15 is 0 Å². The summed E-state index contributed by atoms with van der Waals surface area (Å²) in [5.74, 6) is 0.688. The van der Waals surface area contributed by atoms with E-state index in [1.54, 1.807) is 13.3 Å². The molecular weight excluding hydrogens is 256 g/mol. The Bertz CT molecular complexity index is 324. The number of aromatic nitrogens is 1. The molecule has 0 saturated carbocycles. The van der Waals surface area contributed by atoms with Gasteiger partial charge in [-0.25, -0.2) is 4.98 Å². The highest BCUT2D eigenvalue weighted by Gasteiger charge is 2.17. The Hall–Kier alpha value is -0.770. The fourth-order valence-corrected chi connectivity index (χ4v) is 2.22. The second kappa shape index (κ2) is 4.84. The third-order valence-corrected chi connectivity index (χ3v) is 3.63. The molecule has 0 unspecified atom stereocenters. The van der Waals surface area contributed by atoms with E-state index in [9.17, 15) is 0 Å². The first-order chi connectivity index (χ1) is 7.29. The van der Waals surface area contributed by atoms with Crippen LogP contribution in [0.5, 0.6) is 5.88 Å². The highest BCUT2D eigenvalue weighted by molar-refractivity contribution is 9.09. The second-order valence-corrected chi connectivity index (χ2v) is 5.01. The Morgan fingerprint density at radius 3 is 2.87 bits per heavy atom. The van der Waals surface area contributed by atoms with E-state index in [0.717, 1.165) is 13.1 Å². The lowest BCUT2D eigenvalue weighted by atomic mass is 10.1. The molecule has 0 atom stereocenters. The van der Waals surface area contributed by atoms with Crippen LogP contribution in [0.3, 0.4) is 0 Å². The standard InChI is InChI=1S/C11H15BrN2O/c1-15-11-8-10(2-5-13-11)14-6-3-9(12)4-7-14/h2,5,8-9H,3-4,6-7H2,1H3. The van der Waals surface area contributed by atoms with Crippen LogP contribution >= 0.6 is 15.9 Å². The van der Waals surface area contributed by atoms with Gasteiger partial charge in [-0.1, -0.05) is 15.9 Å². The first-order valence-corrected chi connectivity index (χ1v) is 6.10. The molecule has 1 fully saturated rings. The smallest absolute Gasteiger partial charge is 0.214 e. The van der Waals surface area contributed by atoms with E-state index in [0.29, 0.717) is 10.7 Å². The van der Waals surface area contributed by atoms with Crippen molar-refractivity contribution in [3.63, 3.8) is 0 Å². The predicted octanol–water partition coefficient (Wildman–Crippen LogP) is 2.45. The van der Waals surface area contributed by atoms with Gasteiger partial charge in [-0.05, 0) is 18.9 Å². The number of ether oxygens (including phenoxy) is 1. The molecule has 0 bridgehead atoms. The number of anilines is 1. The molecule has 1 saturated heterocycles. The van der Waals surface area contributed by atoms with Crippen LogP contribution in [0.25, 0.3) is 0 Å². The third kappa shape index (κ3) is 2.62. The molecule has 4 heteroatoms. The highest BCUT2D eigenvalue weighted by atomic mass is 79.9.